The first-order chi connectivity index (χ1) is 12.0. The number of anilines is 1. The highest BCUT2D eigenvalue weighted by Gasteiger charge is 2.11. The molecule has 1 amide bonds. The zero-order chi connectivity index (χ0) is 18.2. The van der Waals surface area contributed by atoms with Crippen LogP contribution in [0.2, 0.25) is 0 Å². The quantitative estimate of drug-likeness (QED) is 0.768. The normalized spacial score (nSPS) is 10.2. The monoisotopic (exact) mass is 343 g/mol. The fraction of sp³-hybridized carbons (Fsp3) is 0.263. The van der Waals surface area contributed by atoms with Crippen LogP contribution in [0.5, 0.6) is 11.5 Å². The van der Waals surface area contributed by atoms with Crippen LogP contribution in [-0.4, -0.2) is 30.2 Å². The highest BCUT2D eigenvalue weighted by atomic mass is 16.5. The van der Waals surface area contributed by atoms with E-state index < -0.39 is 5.97 Å². The minimum atomic E-state index is -0.995. The van der Waals surface area contributed by atoms with E-state index in [0.29, 0.717) is 30.4 Å². The number of aromatic carboxylic acids is 1. The van der Waals surface area contributed by atoms with Crippen LogP contribution in [0, 0.1) is 0 Å². The molecule has 2 rings (SSSR count). The van der Waals surface area contributed by atoms with Crippen molar-refractivity contribution >= 4 is 17.6 Å². The number of amides is 1. The van der Waals surface area contributed by atoms with E-state index in [1.807, 2.05) is 13.8 Å². The zero-order valence-electron chi connectivity index (χ0n) is 14.2. The Morgan fingerprint density at radius 3 is 2.28 bits per heavy atom. The number of benzene rings is 2. The van der Waals surface area contributed by atoms with Crippen LogP contribution in [0.25, 0.3) is 0 Å². The molecule has 0 radical (unpaired) electrons. The van der Waals surface area contributed by atoms with Crippen molar-refractivity contribution in [3.63, 3.8) is 0 Å². The molecule has 6 nitrogen and oxygen atoms in total. The van der Waals surface area contributed by atoms with Gasteiger partial charge in [0.05, 0.1) is 30.9 Å². The molecule has 0 aliphatic heterocycles. The van der Waals surface area contributed by atoms with Crippen molar-refractivity contribution in [2.24, 2.45) is 0 Å². The molecule has 132 valence electrons. The number of carboxylic acids is 1. The Kier molecular flexibility index (Phi) is 6.39. The first kappa shape index (κ1) is 18.3. The van der Waals surface area contributed by atoms with Crippen LogP contribution in [-0.2, 0) is 11.2 Å². The molecule has 0 fully saturated rings. The molecular weight excluding hydrogens is 322 g/mol. The molecule has 0 saturated carbocycles. The van der Waals surface area contributed by atoms with Crippen LogP contribution in [0.3, 0.4) is 0 Å². The second kappa shape index (κ2) is 8.73. The number of ether oxygens (including phenoxy) is 2. The Morgan fingerprint density at radius 1 is 1.00 bits per heavy atom. The van der Waals surface area contributed by atoms with Crippen molar-refractivity contribution in [1.29, 1.82) is 0 Å². The number of carboxylic acid groups (broad SMARTS) is 1. The summed E-state index contributed by atoms with van der Waals surface area (Å²) in [5.41, 5.74) is 1.45. The first-order valence-corrected chi connectivity index (χ1v) is 8.05. The minimum absolute atomic E-state index is 0.129. The molecule has 0 aliphatic carbocycles. The van der Waals surface area contributed by atoms with Gasteiger partial charge in [-0.25, -0.2) is 4.79 Å². The number of carbonyl (C=O) groups excluding carboxylic acids is 1. The minimum Gasteiger partial charge on any atom is -0.494 e. The van der Waals surface area contributed by atoms with Gasteiger partial charge in [-0.3, -0.25) is 4.79 Å². The maximum Gasteiger partial charge on any atom is 0.335 e. The van der Waals surface area contributed by atoms with Crippen LogP contribution < -0.4 is 14.8 Å². The van der Waals surface area contributed by atoms with E-state index in [9.17, 15) is 9.59 Å². The molecule has 6 heteroatoms. The lowest BCUT2D eigenvalue weighted by Crippen LogP contribution is -2.15. The second-order valence-corrected chi connectivity index (χ2v) is 5.25. The fourth-order valence-corrected chi connectivity index (χ4v) is 2.29. The van der Waals surface area contributed by atoms with E-state index in [1.54, 1.807) is 30.3 Å². The molecule has 0 aromatic heterocycles. The molecule has 0 spiro atoms. The number of carbonyl (C=O) groups is 2. The average Bonchev–Trinajstić information content (AvgIpc) is 2.58. The Bertz CT molecular complexity index is 740. The predicted molar refractivity (Wildman–Crippen MR) is 94.5 cm³/mol. The van der Waals surface area contributed by atoms with E-state index in [1.165, 1.54) is 12.1 Å². The standard InChI is InChI=1S/C19H21NO5/c1-3-24-15-9-10-17(25-4-2)16(12-15)20-18(21)11-13-5-7-14(8-6-13)19(22)23/h5-10,12H,3-4,11H2,1-2H3,(H,20,21)(H,22,23). The molecule has 25 heavy (non-hydrogen) atoms. The SMILES string of the molecule is CCOc1ccc(OCC)c(NC(=O)Cc2ccc(C(=O)O)cc2)c1. The van der Waals surface area contributed by atoms with E-state index in [2.05, 4.69) is 5.32 Å². The van der Waals surface area contributed by atoms with Gasteiger partial charge in [0.15, 0.2) is 0 Å². The molecule has 0 heterocycles. The molecule has 0 unspecified atom stereocenters. The summed E-state index contributed by atoms with van der Waals surface area (Å²) < 4.78 is 11.0. The molecule has 2 N–H and O–H groups in total. The molecule has 0 bridgehead atoms. The van der Waals surface area contributed by atoms with Gasteiger partial charge in [-0.2, -0.15) is 0 Å². The molecule has 2 aromatic rings. The van der Waals surface area contributed by atoms with Crippen LogP contribution in [0.15, 0.2) is 42.5 Å². The van der Waals surface area contributed by atoms with Crippen molar-refractivity contribution in [2.75, 3.05) is 18.5 Å². The number of rotatable bonds is 8. The van der Waals surface area contributed by atoms with Gasteiger partial charge >= 0.3 is 5.97 Å². The summed E-state index contributed by atoms with van der Waals surface area (Å²) in [6.07, 6.45) is 0.129. The average molecular weight is 343 g/mol. The van der Waals surface area contributed by atoms with Crippen molar-refractivity contribution in [3.05, 3.63) is 53.6 Å². The van der Waals surface area contributed by atoms with Gasteiger partial charge < -0.3 is 19.9 Å². The Labute approximate surface area is 146 Å². The largest absolute Gasteiger partial charge is 0.494 e. The highest BCUT2D eigenvalue weighted by molar-refractivity contribution is 5.94. The van der Waals surface area contributed by atoms with Gasteiger partial charge in [0.2, 0.25) is 5.91 Å². The third-order valence-electron chi connectivity index (χ3n) is 3.40. The topological polar surface area (TPSA) is 84.9 Å². The maximum atomic E-state index is 12.3. The van der Waals surface area contributed by atoms with Gasteiger partial charge in [0.25, 0.3) is 0 Å². The van der Waals surface area contributed by atoms with Gasteiger partial charge in [-0.1, -0.05) is 12.1 Å². The van der Waals surface area contributed by atoms with Gasteiger partial charge in [-0.05, 0) is 43.7 Å². The van der Waals surface area contributed by atoms with E-state index in [-0.39, 0.29) is 17.9 Å². The zero-order valence-corrected chi connectivity index (χ0v) is 14.2. The summed E-state index contributed by atoms with van der Waals surface area (Å²) in [4.78, 5) is 23.2. The maximum absolute atomic E-state index is 12.3. The lowest BCUT2D eigenvalue weighted by molar-refractivity contribution is -0.115. The van der Waals surface area contributed by atoms with Crippen molar-refractivity contribution in [1.82, 2.24) is 0 Å². The Balaban J connectivity index is 2.10. The summed E-state index contributed by atoms with van der Waals surface area (Å²) in [6, 6.07) is 11.5. The van der Waals surface area contributed by atoms with Crippen LogP contribution in [0.1, 0.15) is 29.8 Å². The highest BCUT2D eigenvalue weighted by Crippen LogP contribution is 2.29. The summed E-state index contributed by atoms with van der Waals surface area (Å²) in [5, 5.41) is 11.7. The van der Waals surface area contributed by atoms with Crippen LogP contribution >= 0.6 is 0 Å². The molecule has 0 aliphatic rings. The lowest BCUT2D eigenvalue weighted by atomic mass is 10.1. The van der Waals surface area contributed by atoms with E-state index in [0.717, 1.165) is 5.56 Å². The third kappa shape index (κ3) is 5.24. The van der Waals surface area contributed by atoms with Gasteiger partial charge in [-0.15, -0.1) is 0 Å². The van der Waals surface area contributed by atoms with Crippen molar-refractivity contribution in [2.45, 2.75) is 20.3 Å². The number of hydrogen-bond donors (Lipinski definition) is 2. The second-order valence-electron chi connectivity index (χ2n) is 5.25. The molecule has 2 aromatic carbocycles. The molecule has 0 atom stereocenters. The predicted octanol–water partition coefficient (Wildman–Crippen LogP) is 3.36. The first-order valence-electron chi connectivity index (χ1n) is 8.05. The number of nitrogens with one attached hydrogen (secondary N) is 1. The summed E-state index contributed by atoms with van der Waals surface area (Å²) in [6.45, 7) is 4.76. The summed E-state index contributed by atoms with van der Waals surface area (Å²) >= 11 is 0. The van der Waals surface area contributed by atoms with Crippen molar-refractivity contribution in [3.8, 4) is 11.5 Å². The Hall–Kier alpha value is -3.02. The number of hydrogen-bond acceptors (Lipinski definition) is 4. The van der Waals surface area contributed by atoms with E-state index >= 15 is 0 Å². The fourth-order valence-electron chi connectivity index (χ4n) is 2.29. The smallest absolute Gasteiger partial charge is 0.335 e. The van der Waals surface area contributed by atoms with Gasteiger partial charge in [0, 0.05) is 6.07 Å². The molecule has 0 saturated heterocycles. The summed E-state index contributed by atoms with van der Waals surface area (Å²) in [7, 11) is 0. The summed E-state index contributed by atoms with van der Waals surface area (Å²) in [5.74, 6) is -0.00429. The third-order valence-corrected chi connectivity index (χ3v) is 3.40. The van der Waals surface area contributed by atoms with Crippen molar-refractivity contribution < 1.29 is 24.2 Å². The Morgan fingerprint density at radius 2 is 1.68 bits per heavy atom. The van der Waals surface area contributed by atoms with Crippen LogP contribution in [0.4, 0.5) is 5.69 Å². The molecular formula is C19H21NO5. The van der Waals surface area contributed by atoms with E-state index in [4.69, 9.17) is 14.6 Å². The lowest BCUT2D eigenvalue weighted by Gasteiger charge is -2.13. The van der Waals surface area contributed by atoms with Gasteiger partial charge in [0.1, 0.15) is 11.5 Å².